The number of amides is 1. The van der Waals surface area contributed by atoms with E-state index in [1.807, 2.05) is 11.5 Å². The third kappa shape index (κ3) is 2.07. The molecule has 1 aliphatic rings. The van der Waals surface area contributed by atoms with Crippen LogP contribution in [0.5, 0.6) is 0 Å². The zero-order chi connectivity index (χ0) is 15.1. The second kappa shape index (κ2) is 4.87. The fraction of sp³-hybridized carbons (Fsp3) is 0.400. The Bertz CT molecular complexity index is 735. The van der Waals surface area contributed by atoms with Gasteiger partial charge < -0.3 is 14.6 Å². The van der Waals surface area contributed by atoms with E-state index in [1.165, 1.54) is 0 Å². The molecule has 1 amide bonds. The normalized spacial score (nSPS) is 18.7. The summed E-state index contributed by atoms with van der Waals surface area (Å²) in [6, 6.07) is 4.58. The van der Waals surface area contributed by atoms with E-state index in [1.54, 1.807) is 30.1 Å². The topological polar surface area (TPSA) is 75.4 Å². The molecule has 6 nitrogen and oxygen atoms in total. The fourth-order valence-corrected chi connectivity index (χ4v) is 2.92. The van der Waals surface area contributed by atoms with E-state index in [2.05, 4.69) is 4.98 Å². The first-order chi connectivity index (χ1) is 10.0. The van der Waals surface area contributed by atoms with Crippen LogP contribution < -0.4 is 0 Å². The Morgan fingerprint density at radius 3 is 2.81 bits per heavy atom. The zero-order valence-electron chi connectivity index (χ0n) is 12.0. The number of fused-ring (bicyclic) bond motifs is 1. The Hall–Kier alpha value is -2.37. The molecule has 0 bridgehead atoms. The number of aromatic nitrogens is 2. The van der Waals surface area contributed by atoms with E-state index < -0.39 is 5.97 Å². The SMILES string of the molecule is CCc1nc2ccc(C(=O)O)cc2n1C1CCN(C)C1=O. The lowest BCUT2D eigenvalue weighted by atomic mass is 10.1. The number of carboxylic acid groups (broad SMARTS) is 1. The molecule has 1 aromatic heterocycles. The number of hydrogen-bond donors (Lipinski definition) is 1. The molecule has 21 heavy (non-hydrogen) atoms. The van der Waals surface area contributed by atoms with Crippen LogP contribution in [0.25, 0.3) is 11.0 Å². The number of aryl methyl sites for hydroxylation is 1. The summed E-state index contributed by atoms with van der Waals surface area (Å²) >= 11 is 0. The van der Waals surface area contributed by atoms with Crippen LogP contribution in [0.1, 0.15) is 35.6 Å². The lowest BCUT2D eigenvalue weighted by Gasteiger charge is -2.15. The van der Waals surface area contributed by atoms with Crippen LogP contribution in [0, 0.1) is 0 Å². The van der Waals surface area contributed by atoms with Gasteiger partial charge in [-0.05, 0) is 24.6 Å². The number of aromatic carboxylic acids is 1. The molecule has 1 unspecified atom stereocenters. The molecule has 110 valence electrons. The maximum Gasteiger partial charge on any atom is 0.335 e. The number of nitrogens with zero attached hydrogens (tertiary/aromatic N) is 3. The lowest BCUT2D eigenvalue weighted by Crippen LogP contribution is -2.25. The van der Waals surface area contributed by atoms with E-state index in [0.29, 0.717) is 13.0 Å². The van der Waals surface area contributed by atoms with Gasteiger partial charge >= 0.3 is 5.97 Å². The summed E-state index contributed by atoms with van der Waals surface area (Å²) in [6.45, 7) is 2.70. The Balaban J connectivity index is 2.21. The quantitative estimate of drug-likeness (QED) is 0.932. The first kappa shape index (κ1) is 13.6. The predicted octanol–water partition coefficient (Wildman–Crippen LogP) is 1.70. The predicted molar refractivity (Wildman–Crippen MR) is 77.4 cm³/mol. The first-order valence-electron chi connectivity index (χ1n) is 7.02. The number of carboxylic acids is 1. The van der Waals surface area contributed by atoms with Crippen molar-refractivity contribution in [3.05, 3.63) is 29.6 Å². The average molecular weight is 287 g/mol. The molecule has 0 aliphatic carbocycles. The van der Waals surface area contributed by atoms with Crippen molar-refractivity contribution in [2.75, 3.05) is 13.6 Å². The van der Waals surface area contributed by atoms with E-state index in [4.69, 9.17) is 5.11 Å². The second-order valence-electron chi connectivity index (χ2n) is 5.32. The van der Waals surface area contributed by atoms with Gasteiger partial charge in [-0.25, -0.2) is 9.78 Å². The summed E-state index contributed by atoms with van der Waals surface area (Å²) in [5.74, 6) is -0.0940. The number of carbonyl (C=O) groups excluding carboxylic acids is 1. The van der Waals surface area contributed by atoms with Gasteiger partial charge in [-0.1, -0.05) is 6.92 Å². The highest BCUT2D eigenvalue weighted by Gasteiger charge is 2.33. The molecule has 0 saturated carbocycles. The van der Waals surface area contributed by atoms with Gasteiger partial charge in [-0.3, -0.25) is 4.79 Å². The van der Waals surface area contributed by atoms with Gasteiger partial charge in [0.25, 0.3) is 0 Å². The molecule has 2 heterocycles. The Morgan fingerprint density at radius 1 is 1.48 bits per heavy atom. The van der Waals surface area contributed by atoms with Crippen LogP contribution in [0.15, 0.2) is 18.2 Å². The van der Waals surface area contributed by atoms with Gasteiger partial charge in [0.15, 0.2) is 0 Å². The zero-order valence-corrected chi connectivity index (χ0v) is 12.0. The molecule has 0 spiro atoms. The third-order valence-electron chi connectivity index (χ3n) is 4.04. The lowest BCUT2D eigenvalue weighted by molar-refractivity contribution is -0.129. The highest BCUT2D eigenvalue weighted by molar-refractivity contribution is 5.93. The fourth-order valence-electron chi connectivity index (χ4n) is 2.92. The van der Waals surface area contributed by atoms with Crippen molar-refractivity contribution in [1.29, 1.82) is 0 Å². The molecule has 1 atom stereocenters. The van der Waals surface area contributed by atoms with Crippen LogP contribution >= 0.6 is 0 Å². The average Bonchev–Trinajstić information content (AvgIpc) is 2.99. The number of hydrogen-bond acceptors (Lipinski definition) is 3. The number of carbonyl (C=O) groups is 2. The number of likely N-dealkylation sites (N-methyl/N-ethyl adjacent to an activating group) is 1. The maximum atomic E-state index is 12.3. The van der Waals surface area contributed by atoms with Gasteiger partial charge in [0.05, 0.1) is 16.6 Å². The highest BCUT2D eigenvalue weighted by atomic mass is 16.4. The minimum Gasteiger partial charge on any atom is -0.478 e. The molecule has 1 aliphatic heterocycles. The number of benzene rings is 1. The second-order valence-corrected chi connectivity index (χ2v) is 5.32. The van der Waals surface area contributed by atoms with Gasteiger partial charge in [0.2, 0.25) is 5.91 Å². The molecule has 1 fully saturated rings. The van der Waals surface area contributed by atoms with E-state index in [9.17, 15) is 9.59 Å². The van der Waals surface area contributed by atoms with Crippen LogP contribution in [0.2, 0.25) is 0 Å². The summed E-state index contributed by atoms with van der Waals surface area (Å²) in [5.41, 5.74) is 1.67. The monoisotopic (exact) mass is 287 g/mol. The summed E-state index contributed by atoms with van der Waals surface area (Å²) in [4.78, 5) is 29.7. The van der Waals surface area contributed by atoms with Crippen molar-refractivity contribution in [1.82, 2.24) is 14.5 Å². The Labute approximate surface area is 122 Å². The van der Waals surface area contributed by atoms with Gasteiger partial charge in [0.1, 0.15) is 11.9 Å². The minimum atomic E-state index is -0.974. The molecule has 1 N–H and O–H groups in total. The maximum absolute atomic E-state index is 12.3. The number of rotatable bonds is 3. The molecule has 6 heteroatoms. The van der Waals surface area contributed by atoms with Gasteiger partial charge in [0, 0.05) is 20.0 Å². The largest absolute Gasteiger partial charge is 0.478 e. The summed E-state index contributed by atoms with van der Waals surface area (Å²) in [7, 11) is 1.79. The smallest absolute Gasteiger partial charge is 0.335 e. The Morgan fingerprint density at radius 2 is 2.24 bits per heavy atom. The van der Waals surface area contributed by atoms with E-state index in [-0.39, 0.29) is 17.5 Å². The van der Waals surface area contributed by atoms with Crippen LogP contribution in [-0.2, 0) is 11.2 Å². The van der Waals surface area contributed by atoms with Crippen molar-refractivity contribution < 1.29 is 14.7 Å². The highest BCUT2D eigenvalue weighted by Crippen LogP contribution is 2.29. The van der Waals surface area contributed by atoms with Crippen molar-refractivity contribution >= 4 is 22.9 Å². The van der Waals surface area contributed by atoms with Gasteiger partial charge in [-0.2, -0.15) is 0 Å². The molecule has 2 aromatic rings. The van der Waals surface area contributed by atoms with Crippen LogP contribution in [-0.4, -0.2) is 45.0 Å². The summed E-state index contributed by atoms with van der Waals surface area (Å²) in [5, 5.41) is 9.15. The molecule has 3 rings (SSSR count). The van der Waals surface area contributed by atoms with E-state index in [0.717, 1.165) is 23.3 Å². The van der Waals surface area contributed by atoms with Crippen LogP contribution in [0.4, 0.5) is 0 Å². The van der Waals surface area contributed by atoms with Crippen molar-refractivity contribution in [3.8, 4) is 0 Å². The minimum absolute atomic E-state index is 0.0599. The molecular weight excluding hydrogens is 270 g/mol. The first-order valence-corrected chi connectivity index (χ1v) is 7.02. The Kier molecular flexibility index (Phi) is 3.16. The van der Waals surface area contributed by atoms with Crippen molar-refractivity contribution in [2.45, 2.75) is 25.8 Å². The summed E-state index contributed by atoms with van der Waals surface area (Å²) in [6.07, 6.45) is 1.43. The molecular formula is C15H17N3O3. The standard InChI is InChI=1S/C15H17N3O3/c1-3-13-16-10-5-4-9(15(20)21)8-12(10)18(13)11-6-7-17(2)14(11)19/h4-5,8,11H,3,6-7H2,1-2H3,(H,20,21). The third-order valence-corrected chi connectivity index (χ3v) is 4.04. The van der Waals surface area contributed by atoms with Crippen molar-refractivity contribution in [3.63, 3.8) is 0 Å². The number of imidazole rings is 1. The molecule has 1 saturated heterocycles. The van der Waals surface area contributed by atoms with Gasteiger partial charge in [-0.15, -0.1) is 0 Å². The molecule has 0 radical (unpaired) electrons. The summed E-state index contributed by atoms with van der Waals surface area (Å²) < 4.78 is 1.91. The van der Waals surface area contributed by atoms with E-state index >= 15 is 0 Å². The van der Waals surface area contributed by atoms with Crippen molar-refractivity contribution in [2.24, 2.45) is 0 Å². The molecule has 1 aromatic carbocycles. The number of likely N-dealkylation sites (tertiary alicyclic amines) is 1. The van der Waals surface area contributed by atoms with Crippen LogP contribution in [0.3, 0.4) is 0 Å².